The lowest BCUT2D eigenvalue weighted by Crippen LogP contribution is -2.40. The molecule has 15 nitrogen and oxygen atoms in total. The zero-order valence-electron chi connectivity index (χ0n) is 25.0. The molecule has 0 aliphatic heterocycles. The number of nitrogens with one attached hydrogen (secondary N) is 3. The number of hydrogen-bond donors (Lipinski definition) is 9. The van der Waals surface area contributed by atoms with E-state index in [1.165, 1.54) is 0 Å². The topological polar surface area (TPSA) is 273 Å². The van der Waals surface area contributed by atoms with Gasteiger partial charge in [0.1, 0.15) is 0 Å². The minimum atomic E-state index is -5.08. The number of aliphatic imine (C=N–C) groups is 1. The Morgan fingerprint density at radius 3 is 1.26 bits per heavy atom. The molecule has 0 aliphatic carbocycles. The first kappa shape index (κ1) is 49.8. The number of hydrogen-bond acceptors (Lipinski definition) is 8. The highest BCUT2D eigenvalue weighted by atomic mass is 19.4. The number of halogens is 9. The summed E-state index contributed by atoms with van der Waals surface area (Å²) in [7, 11) is 0. The molecular weight excluding hydrogens is 673 g/mol. The van der Waals surface area contributed by atoms with Crippen LogP contribution in [0.4, 0.5) is 39.5 Å². The highest BCUT2D eigenvalue weighted by molar-refractivity contribution is 6.35. The van der Waals surface area contributed by atoms with Gasteiger partial charge in [0.05, 0.1) is 0 Å². The number of nitrogens with two attached hydrogens (primary N) is 3. The molecule has 0 saturated carbocycles. The summed E-state index contributed by atoms with van der Waals surface area (Å²) in [5, 5.41) is 29.9. The van der Waals surface area contributed by atoms with E-state index in [2.05, 4.69) is 20.9 Å². The van der Waals surface area contributed by atoms with Gasteiger partial charge in [0.15, 0.2) is 5.96 Å². The Hall–Kier alpha value is -4.09. The molecule has 0 bridgehead atoms. The van der Waals surface area contributed by atoms with Crippen molar-refractivity contribution >= 4 is 35.7 Å². The Morgan fingerprint density at radius 2 is 0.936 bits per heavy atom. The largest absolute Gasteiger partial charge is 0.490 e. The maximum atomic E-state index is 11.6. The molecule has 0 heterocycles. The van der Waals surface area contributed by atoms with Crippen molar-refractivity contribution in [3.05, 3.63) is 0 Å². The number of unbranched alkanes of at least 4 members (excludes halogenated alkanes) is 4. The summed E-state index contributed by atoms with van der Waals surface area (Å²) in [5.41, 5.74) is 16.1. The number of amides is 2. The second-order valence-corrected chi connectivity index (χ2v) is 8.86. The molecule has 278 valence electrons. The van der Waals surface area contributed by atoms with E-state index in [1.807, 2.05) is 6.92 Å². The Bertz CT molecular complexity index is 886. The van der Waals surface area contributed by atoms with Crippen molar-refractivity contribution in [1.82, 2.24) is 16.0 Å². The minimum absolute atomic E-state index is 0.112. The Balaban J connectivity index is -0.000000353. The Morgan fingerprint density at radius 1 is 0.617 bits per heavy atom. The van der Waals surface area contributed by atoms with Crippen LogP contribution in [0.15, 0.2) is 4.99 Å². The van der Waals surface area contributed by atoms with Crippen LogP contribution in [0.3, 0.4) is 0 Å². The van der Waals surface area contributed by atoms with Gasteiger partial charge in [-0.15, -0.1) is 0 Å². The van der Waals surface area contributed by atoms with Gasteiger partial charge in [-0.1, -0.05) is 12.8 Å². The van der Waals surface area contributed by atoms with E-state index in [9.17, 15) is 49.1 Å². The minimum Gasteiger partial charge on any atom is -0.475 e. The molecule has 0 aromatic carbocycles. The van der Waals surface area contributed by atoms with Gasteiger partial charge in [-0.25, -0.2) is 14.4 Å². The lowest BCUT2D eigenvalue weighted by Gasteiger charge is -2.08. The molecule has 0 aromatic heterocycles. The van der Waals surface area contributed by atoms with Gasteiger partial charge < -0.3 is 48.5 Å². The predicted molar refractivity (Wildman–Crippen MR) is 147 cm³/mol. The van der Waals surface area contributed by atoms with Crippen LogP contribution in [0, 0.1) is 0 Å². The van der Waals surface area contributed by atoms with E-state index in [4.69, 9.17) is 46.9 Å². The number of guanidine groups is 1. The maximum Gasteiger partial charge on any atom is 0.490 e. The molecule has 47 heavy (non-hydrogen) atoms. The highest BCUT2D eigenvalue weighted by Crippen LogP contribution is 2.14. The number of carboxylic acids is 3. The second kappa shape index (κ2) is 27.1. The van der Waals surface area contributed by atoms with Crippen LogP contribution < -0.4 is 33.2 Å². The number of carbonyl (C=O) groups is 5. The van der Waals surface area contributed by atoms with E-state index in [-0.39, 0.29) is 12.0 Å². The van der Waals surface area contributed by atoms with Crippen molar-refractivity contribution in [2.24, 2.45) is 22.2 Å². The molecule has 0 spiro atoms. The molecular formula is C23H40F9N7O8. The third-order valence-corrected chi connectivity index (χ3v) is 4.44. The van der Waals surface area contributed by atoms with Crippen molar-refractivity contribution < 1.29 is 78.8 Å². The number of rotatable bonds is 15. The monoisotopic (exact) mass is 713 g/mol. The van der Waals surface area contributed by atoms with Crippen LogP contribution in [0.25, 0.3) is 0 Å². The molecule has 1 unspecified atom stereocenters. The van der Waals surface area contributed by atoms with Crippen LogP contribution in [0.5, 0.6) is 0 Å². The summed E-state index contributed by atoms with van der Waals surface area (Å²) in [6.07, 6.45) is -8.84. The number of nitrogens with zero attached hydrogens (tertiary/aromatic N) is 1. The van der Waals surface area contributed by atoms with Gasteiger partial charge in [0.25, 0.3) is 0 Å². The van der Waals surface area contributed by atoms with Gasteiger partial charge in [-0.3, -0.25) is 14.6 Å². The SMILES string of the molecule is CC(N)CCNCCCCNC(=O)C(=O)NCCCCCCN=C(N)N.O=C(O)C(F)(F)F.O=C(O)C(F)(F)F.O=C(O)C(F)(F)F. The van der Waals surface area contributed by atoms with Crippen molar-refractivity contribution in [2.75, 3.05) is 32.7 Å². The fourth-order valence-corrected chi connectivity index (χ4v) is 2.19. The number of carbonyl (C=O) groups excluding carboxylic acids is 2. The molecule has 24 heteroatoms. The summed E-state index contributed by atoms with van der Waals surface area (Å²) >= 11 is 0. The lowest BCUT2D eigenvalue weighted by molar-refractivity contribution is -0.193. The smallest absolute Gasteiger partial charge is 0.475 e. The van der Waals surface area contributed by atoms with Crippen molar-refractivity contribution in [1.29, 1.82) is 0 Å². The summed E-state index contributed by atoms with van der Waals surface area (Å²) in [6.45, 7) is 5.40. The van der Waals surface area contributed by atoms with Gasteiger partial charge in [0, 0.05) is 25.7 Å². The van der Waals surface area contributed by atoms with Crippen LogP contribution >= 0.6 is 0 Å². The fourth-order valence-electron chi connectivity index (χ4n) is 2.19. The molecule has 0 rings (SSSR count). The molecule has 12 N–H and O–H groups in total. The van der Waals surface area contributed by atoms with Gasteiger partial charge in [-0.2, -0.15) is 39.5 Å². The highest BCUT2D eigenvalue weighted by Gasteiger charge is 2.39. The normalized spacial score (nSPS) is 11.5. The van der Waals surface area contributed by atoms with Crippen LogP contribution in [-0.2, 0) is 24.0 Å². The number of aliphatic carboxylic acids is 3. The average Bonchev–Trinajstić information content (AvgIpc) is 2.90. The van der Waals surface area contributed by atoms with Crippen LogP contribution in [0.2, 0.25) is 0 Å². The maximum absolute atomic E-state index is 11.6. The summed E-state index contributed by atoms with van der Waals surface area (Å²) < 4.78 is 95.2. The van der Waals surface area contributed by atoms with E-state index >= 15 is 0 Å². The molecule has 0 aromatic rings. The van der Waals surface area contributed by atoms with E-state index < -0.39 is 48.3 Å². The molecule has 0 saturated heterocycles. The Labute approximate surface area is 262 Å². The van der Waals surface area contributed by atoms with Crippen molar-refractivity contribution in [2.45, 2.75) is 76.4 Å². The van der Waals surface area contributed by atoms with Gasteiger partial charge in [-0.05, 0) is 52.1 Å². The van der Waals surface area contributed by atoms with E-state index in [1.54, 1.807) is 0 Å². The average molecular weight is 714 g/mol. The first-order valence-corrected chi connectivity index (χ1v) is 13.2. The first-order chi connectivity index (χ1) is 21.3. The third kappa shape index (κ3) is 41.9. The Kier molecular flexibility index (Phi) is 28.7. The summed E-state index contributed by atoms with van der Waals surface area (Å²) in [5.74, 6) is -9.29. The predicted octanol–water partition coefficient (Wildman–Crippen LogP) is 1.06. The van der Waals surface area contributed by atoms with Gasteiger partial charge >= 0.3 is 48.3 Å². The van der Waals surface area contributed by atoms with Crippen LogP contribution in [-0.4, -0.2) is 108 Å². The zero-order valence-corrected chi connectivity index (χ0v) is 25.0. The number of alkyl halides is 9. The summed E-state index contributed by atoms with van der Waals surface area (Å²) in [6, 6.07) is 0.213. The fraction of sp³-hybridized carbons (Fsp3) is 0.739. The quantitative estimate of drug-likeness (QED) is 0.0379. The summed E-state index contributed by atoms with van der Waals surface area (Å²) in [4.78, 5) is 53.8. The molecule has 0 fully saturated rings. The standard InChI is InChI=1S/C17H37N7O2.3C2HF3O2/c1-14(18)8-13-21-9-6-7-11-23-16(26)15(25)22-10-4-2-3-5-12-24-17(19)20;3*3-2(4,5)1(6)7/h14,21H,2-13,18H2,1H3,(H,22,25)(H,23,26)(H4,19,20,24);3*(H,6,7). The lowest BCUT2D eigenvalue weighted by atomic mass is 10.2. The van der Waals surface area contributed by atoms with Crippen molar-refractivity contribution in [3.8, 4) is 0 Å². The van der Waals surface area contributed by atoms with E-state index in [0.29, 0.717) is 19.6 Å². The molecule has 0 aliphatic rings. The molecule has 0 radical (unpaired) electrons. The molecule has 1 atom stereocenters. The van der Waals surface area contributed by atoms with Crippen molar-refractivity contribution in [3.63, 3.8) is 0 Å². The second-order valence-electron chi connectivity index (χ2n) is 8.86. The third-order valence-electron chi connectivity index (χ3n) is 4.44. The van der Waals surface area contributed by atoms with E-state index in [0.717, 1.165) is 58.0 Å². The number of carboxylic acid groups (broad SMARTS) is 3. The van der Waals surface area contributed by atoms with Gasteiger partial charge in [0.2, 0.25) is 0 Å². The molecule has 2 amide bonds. The zero-order chi connectivity index (χ0) is 37.9. The van der Waals surface area contributed by atoms with Crippen LogP contribution in [0.1, 0.15) is 51.9 Å². The first-order valence-electron chi connectivity index (χ1n) is 13.2.